The van der Waals surface area contributed by atoms with Crippen molar-refractivity contribution in [1.82, 2.24) is 0 Å². The van der Waals surface area contributed by atoms with Gasteiger partial charge in [0.05, 0.1) is 18.1 Å². The summed E-state index contributed by atoms with van der Waals surface area (Å²) in [6.45, 7) is 3.96. The highest BCUT2D eigenvalue weighted by Gasteiger charge is 2.35. The second-order valence-electron chi connectivity index (χ2n) is 6.82. The third kappa shape index (κ3) is 9.77. The number of hydrogen-bond acceptors (Lipinski definition) is 3. The average Bonchev–Trinajstić information content (AvgIpc) is 3.27. The largest absolute Gasteiger partial charge is 0.481 e. The van der Waals surface area contributed by atoms with E-state index in [0.29, 0.717) is 6.10 Å². The zero-order chi connectivity index (χ0) is 17.1. The number of unbranched alkanes of at least 4 members (excludes halogenated alkanes) is 5. The van der Waals surface area contributed by atoms with Gasteiger partial charge in [-0.15, -0.1) is 0 Å². The number of hydrogen-bond donors (Lipinski definition) is 2. The fourth-order valence-corrected chi connectivity index (χ4v) is 2.77. The first kappa shape index (κ1) is 20.2. The van der Waals surface area contributed by atoms with Crippen molar-refractivity contribution in [2.45, 2.75) is 96.4 Å². The Hall–Kier alpha value is -0.870. The van der Waals surface area contributed by atoms with Gasteiger partial charge in [-0.3, -0.25) is 4.79 Å². The molecule has 4 nitrogen and oxygen atoms in total. The van der Waals surface area contributed by atoms with E-state index in [-0.39, 0.29) is 18.1 Å². The van der Waals surface area contributed by atoms with Crippen LogP contribution in [0.25, 0.3) is 0 Å². The molecule has 0 spiro atoms. The lowest BCUT2D eigenvalue weighted by Crippen LogP contribution is -2.08. The molecule has 1 aliphatic rings. The normalized spacial score (nSPS) is 23.1. The highest BCUT2D eigenvalue weighted by atomic mass is 16.6. The Balaban J connectivity index is 1.95. The fraction of sp³-hybridized carbons (Fsp3) is 0.842. The molecule has 4 atom stereocenters. The van der Waals surface area contributed by atoms with Crippen LogP contribution in [0, 0.1) is 5.92 Å². The van der Waals surface area contributed by atoms with Crippen LogP contribution >= 0.6 is 0 Å². The van der Waals surface area contributed by atoms with Crippen LogP contribution in [0.4, 0.5) is 0 Å². The van der Waals surface area contributed by atoms with Crippen LogP contribution in [0.15, 0.2) is 12.2 Å². The minimum Gasteiger partial charge on any atom is -0.481 e. The van der Waals surface area contributed by atoms with Crippen molar-refractivity contribution in [3.63, 3.8) is 0 Å². The molecule has 1 unspecified atom stereocenters. The maximum Gasteiger partial charge on any atom is 0.306 e. The van der Waals surface area contributed by atoms with Gasteiger partial charge in [0.15, 0.2) is 0 Å². The summed E-state index contributed by atoms with van der Waals surface area (Å²) in [6, 6.07) is 0. The van der Waals surface area contributed by atoms with Crippen molar-refractivity contribution in [2.75, 3.05) is 0 Å². The summed E-state index contributed by atoms with van der Waals surface area (Å²) in [6.07, 6.45) is 14.5. The fourth-order valence-electron chi connectivity index (χ4n) is 2.77. The number of carboxylic acids is 1. The summed E-state index contributed by atoms with van der Waals surface area (Å²) < 4.78 is 5.57. The monoisotopic (exact) mass is 326 g/mol. The molecule has 0 aromatic rings. The van der Waals surface area contributed by atoms with Gasteiger partial charge in [-0.2, -0.15) is 0 Å². The van der Waals surface area contributed by atoms with E-state index in [1.54, 1.807) is 6.92 Å². The molecule has 0 amide bonds. The maximum absolute atomic E-state index is 10.7. The number of rotatable bonds is 14. The molecule has 23 heavy (non-hydrogen) atoms. The highest BCUT2D eigenvalue weighted by Crippen LogP contribution is 2.28. The minimum absolute atomic E-state index is 0.221. The van der Waals surface area contributed by atoms with E-state index in [9.17, 15) is 9.90 Å². The Morgan fingerprint density at radius 2 is 1.83 bits per heavy atom. The number of aliphatic carboxylic acids is 1. The van der Waals surface area contributed by atoms with Gasteiger partial charge in [-0.25, -0.2) is 0 Å². The number of carbonyl (C=O) groups is 1. The van der Waals surface area contributed by atoms with Crippen molar-refractivity contribution in [3.8, 4) is 0 Å². The maximum atomic E-state index is 10.7. The molecule has 0 radical (unpaired) electrons. The van der Waals surface area contributed by atoms with Crippen LogP contribution in [0.2, 0.25) is 0 Å². The molecule has 0 bridgehead atoms. The average molecular weight is 326 g/mol. The van der Waals surface area contributed by atoms with Crippen molar-refractivity contribution in [3.05, 3.63) is 12.2 Å². The molecule has 1 rings (SSSR count). The molecular weight excluding hydrogens is 292 g/mol. The Morgan fingerprint density at radius 1 is 1.13 bits per heavy atom. The van der Waals surface area contributed by atoms with E-state index in [1.165, 1.54) is 19.3 Å². The van der Waals surface area contributed by atoms with Crippen LogP contribution in [0.1, 0.15) is 78.1 Å². The highest BCUT2D eigenvalue weighted by molar-refractivity contribution is 5.69. The van der Waals surface area contributed by atoms with Crippen molar-refractivity contribution in [2.24, 2.45) is 5.92 Å². The Kier molecular flexibility index (Phi) is 10.2. The van der Waals surface area contributed by atoms with Gasteiger partial charge in [0.25, 0.3) is 0 Å². The van der Waals surface area contributed by atoms with Gasteiger partial charge in [0.1, 0.15) is 6.10 Å². The second kappa shape index (κ2) is 11.6. The number of carboxylic acid groups (broad SMARTS) is 1. The van der Waals surface area contributed by atoms with Gasteiger partial charge in [-0.05, 0) is 19.3 Å². The first-order chi connectivity index (χ1) is 11.0. The molecule has 1 heterocycles. The lowest BCUT2D eigenvalue weighted by Gasteiger charge is -2.07. The van der Waals surface area contributed by atoms with E-state index >= 15 is 0 Å². The van der Waals surface area contributed by atoms with Gasteiger partial charge in [-0.1, -0.05) is 70.9 Å². The van der Waals surface area contributed by atoms with Gasteiger partial charge in [0, 0.05) is 0 Å². The standard InChI is InChI=1S/C19H34O4/c1-3-4-7-12-17-18(23-17)14-13-16(20)11-9-6-5-8-10-15(2)19(21)22/h13-18,20H,3-12H2,1-2H3,(H,21,22)/b14-13+/t15?,16-,17-,18+/m0/s1. The lowest BCUT2D eigenvalue weighted by atomic mass is 10.0. The number of aliphatic hydroxyl groups is 1. The summed E-state index contributed by atoms with van der Waals surface area (Å²) in [7, 11) is 0. The van der Waals surface area contributed by atoms with Crippen molar-refractivity contribution >= 4 is 5.97 Å². The number of epoxide rings is 1. The quantitative estimate of drug-likeness (QED) is 0.283. The zero-order valence-electron chi connectivity index (χ0n) is 14.7. The summed E-state index contributed by atoms with van der Waals surface area (Å²) in [5, 5.41) is 18.7. The molecule has 1 fully saturated rings. The van der Waals surface area contributed by atoms with Crippen LogP contribution in [-0.4, -0.2) is 34.5 Å². The molecule has 1 saturated heterocycles. The number of aliphatic hydroxyl groups excluding tert-OH is 1. The Labute approximate surface area is 140 Å². The molecule has 134 valence electrons. The summed E-state index contributed by atoms with van der Waals surface area (Å²) in [4.78, 5) is 10.7. The van der Waals surface area contributed by atoms with Crippen LogP contribution in [0.5, 0.6) is 0 Å². The smallest absolute Gasteiger partial charge is 0.306 e. The van der Waals surface area contributed by atoms with Crippen LogP contribution in [-0.2, 0) is 9.53 Å². The topological polar surface area (TPSA) is 70.1 Å². The minimum atomic E-state index is -0.708. The number of ether oxygens (including phenoxy) is 1. The molecule has 0 saturated carbocycles. The first-order valence-electron chi connectivity index (χ1n) is 9.29. The van der Waals surface area contributed by atoms with Crippen LogP contribution in [0.3, 0.4) is 0 Å². The van der Waals surface area contributed by atoms with E-state index in [4.69, 9.17) is 9.84 Å². The van der Waals surface area contributed by atoms with Gasteiger partial charge in [0.2, 0.25) is 0 Å². The van der Waals surface area contributed by atoms with Crippen LogP contribution < -0.4 is 0 Å². The second-order valence-corrected chi connectivity index (χ2v) is 6.82. The van der Waals surface area contributed by atoms with Crippen molar-refractivity contribution < 1.29 is 19.7 Å². The predicted octanol–water partition coefficient (Wildman–Crippen LogP) is 4.31. The molecule has 0 aromatic heterocycles. The summed E-state index contributed by atoms with van der Waals surface area (Å²) in [5.41, 5.74) is 0. The van der Waals surface area contributed by atoms with E-state index in [2.05, 4.69) is 6.92 Å². The van der Waals surface area contributed by atoms with E-state index < -0.39 is 5.97 Å². The Bertz CT molecular complexity index is 353. The first-order valence-corrected chi connectivity index (χ1v) is 9.29. The third-order valence-corrected chi connectivity index (χ3v) is 4.55. The molecule has 0 aliphatic carbocycles. The van der Waals surface area contributed by atoms with Crippen molar-refractivity contribution in [1.29, 1.82) is 0 Å². The van der Waals surface area contributed by atoms with Gasteiger partial charge >= 0.3 is 5.97 Å². The van der Waals surface area contributed by atoms with Gasteiger partial charge < -0.3 is 14.9 Å². The summed E-state index contributed by atoms with van der Waals surface area (Å²) in [5.74, 6) is -0.951. The summed E-state index contributed by atoms with van der Waals surface area (Å²) >= 11 is 0. The lowest BCUT2D eigenvalue weighted by molar-refractivity contribution is -0.141. The SMILES string of the molecule is CCCCC[C@@H]1O[C@@H]1/C=C/[C@@H](O)CCCCCCC(C)C(=O)O. The third-order valence-electron chi connectivity index (χ3n) is 4.55. The molecule has 2 N–H and O–H groups in total. The molecule has 0 aromatic carbocycles. The molecule has 1 aliphatic heterocycles. The Morgan fingerprint density at radius 3 is 2.48 bits per heavy atom. The molecular formula is C19H34O4. The van der Waals surface area contributed by atoms with E-state index in [0.717, 1.165) is 44.9 Å². The molecule has 4 heteroatoms. The zero-order valence-corrected chi connectivity index (χ0v) is 14.7. The van der Waals surface area contributed by atoms with E-state index in [1.807, 2.05) is 12.2 Å². The predicted molar refractivity (Wildman–Crippen MR) is 92.5 cm³/mol.